The number of hydrogen-bond acceptors (Lipinski definition) is 11. The van der Waals surface area contributed by atoms with E-state index in [1.807, 2.05) is 25.1 Å². The Morgan fingerprint density at radius 2 is 1.73 bits per heavy atom. The molecule has 2 fully saturated rings. The van der Waals surface area contributed by atoms with E-state index in [1.165, 1.54) is 35.2 Å². The molecular formula is C47H54ClN7O7S. The van der Waals surface area contributed by atoms with Crippen molar-refractivity contribution in [2.45, 2.75) is 76.2 Å². The molecule has 1 saturated carbocycles. The van der Waals surface area contributed by atoms with Crippen LogP contribution in [0, 0.1) is 21.4 Å². The molecule has 2 heterocycles. The van der Waals surface area contributed by atoms with Crippen molar-refractivity contribution in [3.8, 4) is 11.5 Å². The summed E-state index contributed by atoms with van der Waals surface area (Å²) >= 11 is 6.24. The highest BCUT2D eigenvalue weighted by molar-refractivity contribution is 7.90. The van der Waals surface area contributed by atoms with Gasteiger partial charge in [0, 0.05) is 62.1 Å². The fourth-order valence-corrected chi connectivity index (χ4v) is 10.1. The lowest BCUT2D eigenvalue weighted by atomic mass is 9.72. The van der Waals surface area contributed by atoms with E-state index in [0.29, 0.717) is 30.7 Å². The minimum absolute atomic E-state index is 0.0466. The van der Waals surface area contributed by atoms with Crippen molar-refractivity contribution in [1.82, 2.24) is 19.6 Å². The molecule has 1 aliphatic heterocycles. The minimum atomic E-state index is -4.58. The number of aromatic amines is 1. The van der Waals surface area contributed by atoms with Gasteiger partial charge >= 0.3 is 0 Å². The van der Waals surface area contributed by atoms with Crippen LogP contribution in [-0.2, 0) is 10.0 Å². The van der Waals surface area contributed by atoms with Gasteiger partial charge in [-0.25, -0.2) is 18.1 Å². The molecule has 0 spiro atoms. The quantitative estimate of drug-likeness (QED) is 0.0653. The van der Waals surface area contributed by atoms with E-state index in [-0.39, 0.29) is 28.3 Å². The normalized spacial score (nSPS) is 20.7. The number of rotatable bonds is 13. The molecule has 16 heteroatoms. The third-order valence-corrected chi connectivity index (χ3v) is 14.4. The molecule has 1 amide bonds. The number of aromatic nitrogens is 2. The summed E-state index contributed by atoms with van der Waals surface area (Å²) < 4.78 is 36.0. The Morgan fingerprint density at radius 3 is 2.46 bits per heavy atom. The summed E-state index contributed by atoms with van der Waals surface area (Å²) in [6.45, 7) is 10.8. The number of imidazole rings is 1. The van der Waals surface area contributed by atoms with E-state index in [9.17, 15) is 28.4 Å². The van der Waals surface area contributed by atoms with Crippen molar-refractivity contribution >= 4 is 61.2 Å². The van der Waals surface area contributed by atoms with Gasteiger partial charge in [0.25, 0.3) is 21.6 Å². The Bertz CT molecular complexity index is 2650. The van der Waals surface area contributed by atoms with Crippen LogP contribution in [0.3, 0.4) is 0 Å². The third kappa shape index (κ3) is 10.3. The Kier molecular flexibility index (Phi) is 12.6. The minimum Gasteiger partial charge on any atom is -0.454 e. The number of nitro groups is 1. The second-order valence-corrected chi connectivity index (χ2v) is 20.3. The number of para-hydroxylation sites is 1. The molecule has 14 nitrogen and oxygen atoms in total. The lowest BCUT2D eigenvalue weighted by molar-refractivity contribution is -0.384. The molecule has 2 aliphatic carbocycles. The van der Waals surface area contributed by atoms with Crippen LogP contribution in [0.1, 0.15) is 81.6 Å². The molecule has 1 aromatic heterocycles. The number of nitro benzene ring substituents is 1. The van der Waals surface area contributed by atoms with Crippen molar-refractivity contribution < 1.29 is 28.0 Å². The average Bonchev–Trinajstić information content (AvgIpc) is 3.74. The molecule has 4 N–H and O–H groups in total. The first kappa shape index (κ1) is 44.1. The summed E-state index contributed by atoms with van der Waals surface area (Å²) in [6.07, 6.45) is 7.51. The number of hydrogen-bond donors (Lipinski definition) is 4. The molecule has 0 atom stereocenters. The number of nitrogens with one attached hydrogen (secondary N) is 3. The number of anilines is 2. The van der Waals surface area contributed by atoms with Gasteiger partial charge in [0.2, 0.25) is 0 Å². The summed E-state index contributed by atoms with van der Waals surface area (Å²) in [7, 11) is -4.58. The van der Waals surface area contributed by atoms with E-state index in [0.717, 1.165) is 87.1 Å². The van der Waals surface area contributed by atoms with Gasteiger partial charge < -0.3 is 25.0 Å². The summed E-state index contributed by atoms with van der Waals surface area (Å²) in [5, 5.41) is 26.3. The van der Waals surface area contributed by atoms with Gasteiger partial charge in [-0.15, -0.1) is 0 Å². The van der Waals surface area contributed by atoms with Gasteiger partial charge in [0.15, 0.2) is 5.75 Å². The second-order valence-electron chi connectivity index (χ2n) is 18.2. The number of ether oxygens (including phenoxy) is 1. The maximum atomic E-state index is 14.0. The predicted molar refractivity (Wildman–Crippen MR) is 246 cm³/mol. The number of halogens is 1. The van der Waals surface area contributed by atoms with E-state index >= 15 is 0 Å². The first-order valence-electron chi connectivity index (χ1n) is 21.5. The Hall–Kier alpha value is -5.48. The standard InChI is InChI=1S/C47H54ClN7O7S/c1-46(2)18-17-33(38(27-46)32-7-9-34(48)10-8-32)29-53-21-23-54(24-22-53)35-11-13-37(43(25-35)62-42-6-4-5-40-44(42)51-30-50-40)45(56)52-63(60,61)36-12-14-39(41(26-36)55(58)59)49-28-31-15-19-47(3,57)20-16-31/h4-14,25-26,30-31,49,57H,15-24,27-29H2,1-3H3,(H,50,51)(H,52,56). The zero-order chi connectivity index (χ0) is 44.5. The highest BCUT2D eigenvalue weighted by Gasteiger charge is 2.32. The average molecular weight is 897 g/mol. The van der Waals surface area contributed by atoms with Crippen LogP contribution in [0.4, 0.5) is 17.1 Å². The molecule has 5 aromatic rings. The predicted octanol–water partition coefficient (Wildman–Crippen LogP) is 9.17. The van der Waals surface area contributed by atoms with Crippen LogP contribution in [-0.4, -0.2) is 84.1 Å². The van der Waals surface area contributed by atoms with Crippen LogP contribution in [0.25, 0.3) is 16.6 Å². The molecule has 0 bridgehead atoms. The lowest BCUT2D eigenvalue weighted by Crippen LogP contribution is -2.47. The van der Waals surface area contributed by atoms with Gasteiger partial charge in [-0.05, 0) is 123 Å². The number of allylic oxidation sites excluding steroid dienone is 1. The molecule has 3 aliphatic rings. The zero-order valence-corrected chi connectivity index (χ0v) is 37.4. The number of carbonyl (C=O) groups excluding carboxylic acids is 1. The number of aliphatic hydroxyl groups is 1. The van der Waals surface area contributed by atoms with Crippen LogP contribution < -0.4 is 19.7 Å². The van der Waals surface area contributed by atoms with Crippen LogP contribution in [0.2, 0.25) is 5.02 Å². The van der Waals surface area contributed by atoms with Crippen molar-refractivity contribution in [2.24, 2.45) is 11.3 Å². The van der Waals surface area contributed by atoms with E-state index in [1.54, 1.807) is 30.3 Å². The van der Waals surface area contributed by atoms with Gasteiger partial charge in [0.05, 0.1) is 32.8 Å². The van der Waals surface area contributed by atoms with Crippen molar-refractivity contribution in [3.05, 3.63) is 117 Å². The van der Waals surface area contributed by atoms with Crippen LogP contribution in [0.5, 0.6) is 11.5 Å². The molecule has 0 radical (unpaired) electrons. The first-order valence-corrected chi connectivity index (χ1v) is 23.4. The molecule has 8 rings (SSSR count). The number of nitrogens with zero attached hydrogens (tertiary/aromatic N) is 4. The Balaban J connectivity index is 1.00. The maximum Gasteiger partial charge on any atom is 0.293 e. The molecule has 1 saturated heterocycles. The summed E-state index contributed by atoms with van der Waals surface area (Å²) in [4.78, 5) is 37.2. The number of amides is 1. The zero-order valence-electron chi connectivity index (χ0n) is 35.8. The number of piperazine rings is 1. The lowest BCUT2D eigenvalue weighted by Gasteiger charge is -2.39. The highest BCUT2D eigenvalue weighted by Crippen LogP contribution is 2.44. The molecular weight excluding hydrogens is 842 g/mol. The Labute approximate surface area is 372 Å². The van der Waals surface area contributed by atoms with Gasteiger partial charge in [-0.3, -0.25) is 19.8 Å². The fraction of sp³-hybridized carbons (Fsp3) is 0.404. The number of sulfonamides is 1. The Morgan fingerprint density at radius 1 is 0.984 bits per heavy atom. The second kappa shape index (κ2) is 17.9. The number of benzene rings is 4. The number of carbonyl (C=O) groups is 1. The monoisotopic (exact) mass is 895 g/mol. The van der Waals surface area contributed by atoms with Crippen LogP contribution in [0.15, 0.2) is 95.7 Å². The summed E-state index contributed by atoms with van der Waals surface area (Å²) in [6, 6.07) is 22.1. The third-order valence-electron chi connectivity index (χ3n) is 12.8. The maximum absolute atomic E-state index is 14.0. The summed E-state index contributed by atoms with van der Waals surface area (Å²) in [5.74, 6) is -0.276. The van der Waals surface area contributed by atoms with Crippen molar-refractivity contribution in [1.29, 1.82) is 0 Å². The van der Waals surface area contributed by atoms with Gasteiger partial charge in [-0.2, -0.15) is 0 Å². The number of H-pyrrole nitrogens is 1. The molecule has 332 valence electrons. The molecule has 63 heavy (non-hydrogen) atoms. The summed E-state index contributed by atoms with van der Waals surface area (Å²) in [5.41, 5.74) is 5.35. The largest absolute Gasteiger partial charge is 0.454 e. The first-order chi connectivity index (χ1) is 30.0. The SMILES string of the molecule is CC1(C)CCC(CN2CCN(c3ccc(C(=O)NS(=O)(=O)c4ccc(NCC5CCC(C)(O)CC5)c([N+](=O)[O-])c4)c(Oc4cccc5[nH]cnc45)c3)CC2)=C(c2ccc(Cl)cc2)C1. The van der Waals surface area contributed by atoms with Gasteiger partial charge in [0.1, 0.15) is 17.0 Å². The van der Waals surface area contributed by atoms with E-state index in [4.69, 9.17) is 16.3 Å². The van der Waals surface area contributed by atoms with E-state index < -0.39 is 37.0 Å². The van der Waals surface area contributed by atoms with Gasteiger partial charge in [-0.1, -0.05) is 49.2 Å². The molecule has 4 aromatic carbocycles. The highest BCUT2D eigenvalue weighted by atomic mass is 35.5. The molecule has 0 unspecified atom stereocenters. The van der Waals surface area contributed by atoms with Crippen molar-refractivity contribution in [2.75, 3.05) is 49.5 Å². The van der Waals surface area contributed by atoms with Crippen molar-refractivity contribution in [3.63, 3.8) is 0 Å². The number of fused-ring (bicyclic) bond motifs is 1. The fourth-order valence-electron chi connectivity index (χ4n) is 8.99. The topological polar surface area (TPSA) is 183 Å². The van der Waals surface area contributed by atoms with E-state index in [2.05, 4.69) is 55.8 Å². The van der Waals surface area contributed by atoms with Crippen LogP contribution >= 0.6 is 11.6 Å². The smallest absolute Gasteiger partial charge is 0.293 e.